The quantitative estimate of drug-likeness (QED) is 0.138. The standard InChI is InChI=1S/C17H24BrN3O10S2/c1-3-33(29,30)15-11-13(21(25)26)12(17(24)19-6-4-16(22)23)10-14(15)20(7-5-18)8-9-31-32(2,27)28/h10-11H,3-9H2,1-2H3,(H,19,24)(H,22,23). The fourth-order valence-electron chi connectivity index (χ4n) is 2.67. The monoisotopic (exact) mass is 573 g/mol. The van der Waals surface area contributed by atoms with Crippen LogP contribution in [0.4, 0.5) is 11.4 Å². The number of alkyl halides is 1. The normalized spacial score (nSPS) is 11.7. The van der Waals surface area contributed by atoms with Crippen LogP contribution >= 0.6 is 15.9 Å². The van der Waals surface area contributed by atoms with Gasteiger partial charge in [-0.3, -0.25) is 23.9 Å². The van der Waals surface area contributed by atoms with Crippen LogP contribution in [0.1, 0.15) is 23.7 Å². The number of nitro groups is 1. The van der Waals surface area contributed by atoms with E-state index in [0.717, 1.165) is 18.4 Å². The van der Waals surface area contributed by atoms with Crippen LogP contribution in [-0.4, -0.2) is 82.3 Å². The van der Waals surface area contributed by atoms with Crippen molar-refractivity contribution in [3.05, 3.63) is 27.8 Å². The molecule has 2 N–H and O–H groups in total. The van der Waals surface area contributed by atoms with Crippen molar-refractivity contribution in [3.8, 4) is 0 Å². The number of nitro benzene ring substituents is 1. The second-order valence-electron chi connectivity index (χ2n) is 6.60. The summed E-state index contributed by atoms with van der Waals surface area (Å²) in [7, 11) is -7.78. The molecule has 0 heterocycles. The van der Waals surface area contributed by atoms with Crippen molar-refractivity contribution >= 4 is 59.1 Å². The van der Waals surface area contributed by atoms with E-state index in [0.29, 0.717) is 5.33 Å². The summed E-state index contributed by atoms with van der Waals surface area (Å²) in [6.07, 6.45) is 0.424. The molecule has 0 aliphatic carbocycles. The Balaban J connectivity index is 3.62. The number of carboxylic acid groups (broad SMARTS) is 1. The van der Waals surface area contributed by atoms with Crippen molar-refractivity contribution in [2.24, 2.45) is 0 Å². The summed E-state index contributed by atoms with van der Waals surface area (Å²) in [4.78, 5) is 34.9. The van der Waals surface area contributed by atoms with Crippen molar-refractivity contribution in [3.63, 3.8) is 0 Å². The number of anilines is 1. The first kappa shape index (κ1) is 28.7. The summed E-state index contributed by atoms with van der Waals surface area (Å²) < 4.78 is 52.7. The summed E-state index contributed by atoms with van der Waals surface area (Å²) in [6, 6.07) is 1.80. The van der Waals surface area contributed by atoms with E-state index in [-0.39, 0.29) is 37.7 Å². The predicted molar refractivity (Wildman–Crippen MR) is 122 cm³/mol. The number of rotatable bonds is 14. The lowest BCUT2D eigenvalue weighted by Gasteiger charge is -2.26. The summed E-state index contributed by atoms with van der Waals surface area (Å²) in [5.74, 6) is -2.54. The fraction of sp³-hybridized carbons (Fsp3) is 0.529. The van der Waals surface area contributed by atoms with E-state index in [1.54, 1.807) is 0 Å². The summed E-state index contributed by atoms with van der Waals surface area (Å²) in [6.45, 7) is 0.747. The number of hydrogen-bond donors (Lipinski definition) is 2. The van der Waals surface area contributed by atoms with Gasteiger partial charge in [0.1, 0.15) is 5.56 Å². The molecule has 0 aliphatic heterocycles. The highest BCUT2D eigenvalue weighted by Crippen LogP contribution is 2.34. The Hall–Kier alpha value is -2.30. The Labute approximate surface area is 199 Å². The van der Waals surface area contributed by atoms with Gasteiger partial charge in [-0.25, -0.2) is 8.42 Å². The zero-order valence-corrected chi connectivity index (χ0v) is 21.0. The number of nitrogens with zero attached hydrogens (tertiary/aromatic N) is 2. The molecule has 0 bridgehead atoms. The second kappa shape index (κ2) is 12.2. The molecule has 186 valence electrons. The lowest BCUT2D eigenvalue weighted by Crippen LogP contribution is -2.32. The third-order valence-electron chi connectivity index (χ3n) is 4.21. The highest BCUT2D eigenvalue weighted by molar-refractivity contribution is 9.09. The van der Waals surface area contributed by atoms with E-state index in [1.165, 1.54) is 11.8 Å². The van der Waals surface area contributed by atoms with Crippen LogP contribution in [0.3, 0.4) is 0 Å². The number of halogens is 1. The van der Waals surface area contributed by atoms with Crippen LogP contribution in [0, 0.1) is 10.1 Å². The van der Waals surface area contributed by atoms with Crippen LogP contribution in [-0.2, 0) is 28.9 Å². The van der Waals surface area contributed by atoms with E-state index < -0.39 is 59.3 Å². The minimum absolute atomic E-state index is 0.0533. The minimum atomic E-state index is -4.00. The van der Waals surface area contributed by atoms with Gasteiger partial charge in [0.25, 0.3) is 21.7 Å². The van der Waals surface area contributed by atoms with Gasteiger partial charge >= 0.3 is 5.97 Å². The molecule has 1 rings (SSSR count). The Bertz CT molecular complexity index is 1110. The fourth-order valence-corrected chi connectivity index (χ4v) is 4.59. The lowest BCUT2D eigenvalue weighted by atomic mass is 10.1. The van der Waals surface area contributed by atoms with Crippen LogP contribution in [0.2, 0.25) is 0 Å². The van der Waals surface area contributed by atoms with Crippen molar-refractivity contribution in [2.75, 3.05) is 48.5 Å². The first-order valence-corrected chi connectivity index (χ1v) is 14.0. The van der Waals surface area contributed by atoms with Crippen LogP contribution in [0.5, 0.6) is 0 Å². The molecule has 0 aromatic heterocycles. The van der Waals surface area contributed by atoms with E-state index >= 15 is 0 Å². The van der Waals surface area contributed by atoms with Gasteiger partial charge in [-0.05, 0) is 6.07 Å². The zero-order valence-electron chi connectivity index (χ0n) is 17.8. The summed E-state index contributed by atoms with van der Waals surface area (Å²) in [5.41, 5.74) is -1.30. The van der Waals surface area contributed by atoms with Crippen LogP contribution in [0.15, 0.2) is 17.0 Å². The van der Waals surface area contributed by atoms with E-state index in [1.807, 2.05) is 0 Å². The maximum Gasteiger partial charge on any atom is 0.305 e. The Kier molecular flexibility index (Phi) is 10.7. The Morgan fingerprint density at radius 1 is 1.24 bits per heavy atom. The molecule has 0 atom stereocenters. The number of aliphatic carboxylic acids is 1. The minimum Gasteiger partial charge on any atom is -0.481 e. The first-order chi connectivity index (χ1) is 15.2. The molecule has 1 aromatic rings. The number of nitrogens with one attached hydrogen (secondary N) is 1. The van der Waals surface area contributed by atoms with Crippen molar-refractivity contribution < 1.29 is 40.6 Å². The van der Waals surface area contributed by atoms with Crippen molar-refractivity contribution in [1.29, 1.82) is 0 Å². The molecule has 0 saturated carbocycles. The zero-order chi connectivity index (χ0) is 25.4. The first-order valence-electron chi connectivity index (χ1n) is 9.44. The van der Waals surface area contributed by atoms with Crippen LogP contribution in [0.25, 0.3) is 0 Å². The topological polar surface area (TPSA) is 190 Å². The van der Waals surface area contributed by atoms with Gasteiger partial charge in [0, 0.05) is 31.0 Å². The number of carbonyl (C=O) groups excluding carboxylic acids is 1. The molecule has 0 spiro atoms. The predicted octanol–water partition coefficient (Wildman–Crippen LogP) is 0.770. The molecule has 33 heavy (non-hydrogen) atoms. The van der Waals surface area contributed by atoms with Gasteiger partial charge in [0.2, 0.25) is 0 Å². The van der Waals surface area contributed by atoms with Gasteiger partial charge < -0.3 is 15.3 Å². The maximum atomic E-state index is 12.7. The third-order valence-corrected chi connectivity index (χ3v) is 6.92. The largest absolute Gasteiger partial charge is 0.481 e. The van der Waals surface area contributed by atoms with E-state index in [2.05, 4.69) is 21.2 Å². The molecule has 13 nitrogen and oxygen atoms in total. The lowest BCUT2D eigenvalue weighted by molar-refractivity contribution is -0.385. The average Bonchev–Trinajstić information content (AvgIpc) is 2.70. The molecule has 0 unspecified atom stereocenters. The average molecular weight is 574 g/mol. The Morgan fingerprint density at radius 3 is 2.36 bits per heavy atom. The van der Waals surface area contributed by atoms with Crippen molar-refractivity contribution in [2.45, 2.75) is 18.2 Å². The third kappa shape index (κ3) is 8.87. The number of amides is 1. The second-order valence-corrected chi connectivity index (χ2v) is 11.3. The number of sulfone groups is 1. The number of benzene rings is 1. The number of hydrogen-bond acceptors (Lipinski definition) is 10. The molecule has 0 aliphatic rings. The van der Waals surface area contributed by atoms with Gasteiger partial charge in [-0.2, -0.15) is 8.42 Å². The van der Waals surface area contributed by atoms with Gasteiger partial charge in [-0.1, -0.05) is 22.9 Å². The van der Waals surface area contributed by atoms with Crippen LogP contribution < -0.4 is 10.2 Å². The number of carbonyl (C=O) groups is 2. The maximum absolute atomic E-state index is 12.7. The van der Waals surface area contributed by atoms with E-state index in [4.69, 9.17) is 9.29 Å². The summed E-state index contributed by atoms with van der Waals surface area (Å²) in [5, 5.41) is 22.9. The highest BCUT2D eigenvalue weighted by atomic mass is 79.9. The molecular formula is C17H24BrN3O10S2. The van der Waals surface area contributed by atoms with Gasteiger partial charge in [0.15, 0.2) is 9.84 Å². The molecule has 0 fully saturated rings. The Morgan fingerprint density at radius 2 is 1.88 bits per heavy atom. The molecule has 1 aromatic carbocycles. The molecular weight excluding hydrogens is 550 g/mol. The SMILES string of the molecule is CCS(=O)(=O)c1cc([N+](=O)[O-])c(C(=O)NCCC(=O)O)cc1N(CCBr)CCOS(C)(=O)=O. The molecule has 16 heteroatoms. The highest BCUT2D eigenvalue weighted by Gasteiger charge is 2.30. The van der Waals surface area contributed by atoms with Gasteiger partial charge in [0.05, 0.1) is 40.5 Å². The smallest absolute Gasteiger partial charge is 0.305 e. The summed E-state index contributed by atoms with van der Waals surface area (Å²) >= 11 is 3.21. The molecule has 0 radical (unpaired) electrons. The number of carboxylic acids is 1. The molecule has 0 saturated heterocycles. The van der Waals surface area contributed by atoms with E-state index in [9.17, 15) is 36.5 Å². The molecule has 1 amide bonds. The van der Waals surface area contributed by atoms with Gasteiger partial charge in [-0.15, -0.1) is 0 Å². The van der Waals surface area contributed by atoms with Crippen molar-refractivity contribution in [1.82, 2.24) is 5.32 Å².